The molecule has 90 valence electrons. The van der Waals surface area contributed by atoms with Crippen LogP contribution in [0.5, 0.6) is 0 Å². The summed E-state index contributed by atoms with van der Waals surface area (Å²) >= 11 is 0. The van der Waals surface area contributed by atoms with Gasteiger partial charge in [0.25, 0.3) is 0 Å². The van der Waals surface area contributed by atoms with E-state index in [-0.39, 0.29) is 5.92 Å². The number of hydrogen-bond acceptors (Lipinski definition) is 2. The molecule has 2 fully saturated rings. The molecule has 0 amide bonds. The molecule has 0 saturated heterocycles. The third kappa shape index (κ3) is 1.57. The van der Waals surface area contributed by atoms with Gasteiger partial charge in [0.15, 0.2) is 0 Å². The van der Waals surface area contributed by atoms with Gasteiger partial charge in [0, 0.05) is 0 Å². The third-order valence-electron chi connectivity index (χ3n) is 5.06. The van der Waals surface area contributed by atoms with Crippen LogP contribution in [0, 0.1) is 28.6 Å². The first-order chi connectivity index (χ1) is 7.54. The zero-order chi connectivity index (χ0) is 11.8. The molecule has 2 nitrogen and oxygen atoms in total. The van der Waals surface area contributed by atoms with Crippen molar-refractivity contribution in [2.24, 2.45) is 17.3 Å². The SMILES string of the molecule is CC1CCC(C#N)(C2(O)CCCCC2C)C1. The number of hydrogen-bond donors (Lipinski definition) is 1. The van der Waals surface area contributed by atoms with E-state index in [1.54, 1.807) is 0 Å². The lowest BCUT2D eigenvalue weighted by molar-refractivity contribution is -0.118. The van der Waals surface area contributed by atoms with E-state index in [1.807, 2.05) is 0 Å². The van der Waals surface area contributed by atoms with Gasteiger partial charge in [0.2, 0.25) is 0 Å². The van der Waals surface area contributed by atoms with Crippen molar-refractivity contribution in [2.45, 2.75) is 64.4 Å². The molecule has 4 atom stereocenters. The quantitative estimate of drug-likeness (QED) is 0.738. The molecular weight excluding hydrogens is 198 g/mol. The Labute approximate surface area is 98.7 Å². The van der Waals surface area contributed by atoms with Crippen LogP contribution in [-0.2, 0) is 0 Å². The average molecular weight is 221 g/mol. The van der Waals surface area contributed by atoms with E-state index in [9.17, 15) is 10.4 Å². The second-order valence-corrected chi connectivity index (χ2v) is 6.11. The lowest BCUT2D eigenvalue weighted by atomic mass is 9.60. The topological polar surface area (TPSA) is 44.0 Å². The molecule has 0 aromatic rings. The van der Waals surface area contributed by atoms with Crippen LogP contribution >= 0.6 is 0 Å². The first kappa shape index (κ1) is 11.9. The lowest BCUT2D eigenvalue weighted by Gasteiger charge is -2.47. The van der Waals surface area contributed by atoms with E-state index >= 15 is 0 Å². The Morgan fingerprint density at radius 1 is 1.19 bits per heavy atom. The first-order valence-electron chi connectivity index (χ1n) is 6.68. The molecule has 0 aromatic heterocycles. The smallest absolute Gasteiger partial charge is 0.0865 e. The molecule has 2 aliphatic rings. The third-order valence-corrected chi connectivity index (χ3v) is 5.06. The zero-order valence-electron chi connectivity index (χ0n) is 10.5. The molecule has 2 rings (SSSR count). The van der Waals surface area contributed by atoms with Crippen molar-refractivity contribution < 1.29 is 5.11 Å². The minimum atomic E-state index is -0.717. The van der Waals surface area contributed by atoms with E-state index in [0.29, 0.717) is 5.92 Å². The van der Waals surface area contributed by atoms with Gasteiger partial charge < -0.3 is 5.11 Å². The first-order valence-corrected chi connectivity index (χ1v) is 6.68. The molecule has 16 heavy (non-hydrogen) atoms. The Bertz CT molecular complexity index is 308. The van der Waals surface area contributed by atoms with Crippen LogP contribution in [0.1, 0.15) is 58.8 Å². The van der Waals surface area contributed by atoms with Crippen molar-refractivity contribution in [3.63, 3.8) is 0 Å². The minimum Gasteiger partial charge on any atom is -0.388 e. The summed E-state index contributed by atoms with van der Waals surface area (Å²) in [7, 11) is 0. The molecule has 0 radical (unpaired) electrons. The molecular formula is C14H23NO. The van der Waals surface area contributed by atoms with E-state index in [1.165, 1.54) is 6.42 Å². The van der Waals surface area contributed by atoms with Crippen LogP contribution in [0.4, 0.5) is 0 Å². The molecule has 2 heteroatoms. The highest BCUT2D eigenvalue weighted by Crippen LogP contribution is 2.55. The summed E-state index contributed by atoms with van der Waals surface area (Å²) in [6, 6.07) is 2.50. The van der Waals surface area contributed by atoms with Gasteiger partial charge in [0.05, 0.1) is 17.1 Å². The van der Waals surface area contributed by atoms with Gasteiger partial charge in [-0.15, -0.1) is 0 Å². The summed E-state index contributed by atoms with van der Waals surface area (Å²) in [6.45, 7) is 4.33. The molecule has 0 heterocycles. The van der Waals surface area contributed by atoms with Gasteiger partial charge in [-0.25, -0.2) is 0 Å². The maximum Gasteiger partial charge on any atom is 0.0865 e. The van der Waals surface area contributed by atoms with E-state index in [0.717, 1.165) is 38.5 Å². The fourth-order valence-corrected chi connectivity index (χ4v) is 3.92. The highest BCUT2D eigenvalue weighted by molar-refractivity contribution is 5.16. The molecule has 0 aromatic carbocycles. The number of nitriles is 1. The van der Waals surface area contributed by atoms with E-state index in [4.69, 9.17) is 0 Å². The van der Waals surface area contributed by atoms with Crippen molar-refractivity contribution >= 4 is 0 Å². The maximum atomic E-state index is 11.0. The molecule has 0 aliphatic heterocycles. The molecule has 1 N–H and O–H groups in total. The molecule has 0 bridgehead atoms. The lowest BCUT2D eigenvalue weighted by Crippen LogP contribution is -2.52. The summed E-state index contributed by atoms with van der Waals surface area (Å²) < 4.78 is 0. The van der Waals surface area contributed by atoms with Gasteiger partial charge in [0.1, 0.15) is 0 Å². The van der Waals surface area contributed by atoms with Crippen molar-refractivity contribution in [3.05, 3.63) is 0 Å². The second kappa shape index (κ2) is 4.04. The highest BCUT2D eigenvalue weighted by atomic mass is 16.3. The predicted molar refractivity (Wildman–Crippen MR) is 63.6 cm³/mol. The number of aliphatic hydroxyl groups is 1. The standard InChI is InChI=1S/C14H23NO/c1-11-6-8-13(9-11,10-15)14(16)7-4-3-5-12(14)2/h11-12,16H,3-9H2,1-2H3. The van der Waals surface area contributed by atoms with Crippen LogP contribution in [0.3, 0.4) is 0 Å². The maximum absolute atomic E-state index is 11.0. The van der Waals surface area contributed by atoms with Crippen LogP contribution in [0.2, 0.25) is 0 Å². The van der Waals surface area contributed by atoms with Gasteiger partial charge in [-0.05, 0) is 43.9 Å². The summed E-state index contributed by atoms with van der Waals surface area (Å²) in [5, 5.41) is 20.5. The van der Waals surface area contributed by atoms with E-state index in [2.05, 4.69) is 19.9 Å². The Balaban J connectivity index is 2.29. The molecule has 2 saturated carbocycles. The zero-order valence-corrected chi connectivity index (χ0v) is 10.5. The number of rotatable bonds is 1. The predicted octanol–water partition coefficient (Wildman–Crippen LogP) is 3.26. The minimum absolute atomic E-state index is 0.284. The average Bonchev–Trinajstić information content (AvgIpc) is 2.66. The summed E-state index contributed by atoms with van der Waals surface area (Å²) in [6.07, 6.45) is 7.08. The second-order valence-electron chi connectivity index (χ2n) is 6.11. The van der Waals surface area contributed by atoms with Crippen molar-refractivity contribution in [1.29, 1.82) is 5.26 Å². The van der Waals surface area contributed by atoms with Crippen LogP contribution < -0.4 is 0 Å². The normalized spacial score (nSPS) is 48.9. The molecule has 4 unspecified atom stereocenters. The fraction of sp³-hybridized carbons (Fsp3) is 0.929. The van der Waals surface area contributed by atoms with Crippen LogP contribution in [0.15, 0.2) is 0 Å². The van der Waals surface area contributed by atoms with Crippen LogP contribution in [0.25, 0.3) is 0 Å². The fourth-order valence-electron chi connectivity index (χ4n) is 3.92. The number of nitrogens with zero attached hydrogens (tertiary/aromatic N) is 1. The molecule has 2 aliphatic carbocycles. The summed E-state index contributed by atoms with van der Waals surface area (Å²) in [5.41, 5.74) is -1.17. The van der Waals surface area contributed by atoms with Crippen molar-refractivity contribution in [3.8, 4) is 6.07 Å². The molecule has 0 spiro atoms. The van der Waals surface area contributed by atoms with Gasteiger partial charge in [-0.3, -0.25) is 0 Å². The monoisotopic (exact) mass is 221 g/mol. The van der Waals surface area contributed by atoms with Crippen molar-refractivity contribution in [2.75, 3.05) is 0 Å². The van der Waals surface area contributed by atoms with Crippen LogP contribution in [-0.4, -0.2) is 10.7 Å². The summed E-state index contributed by atoms with van der Waals surface area (Å²) in [4.78, 5) is 0. The largest absolute Gasteiger partial charge is 0.388 e. The van der Waals surface area contributed by atoms with Crippen molar-refractivity contribution in [1.82, 2.24) is 0 Å². The Hall–Kier alpha value is -0.550. The Morgan fingerprint density at radius 3 is 2.44 bits per heavy atom. The van der Waals surface area contributed by atoms with Gasteiger partial charge in [-0.2, -0.15) is 5.26 Å². The Kier molecular flexibility index (Phi) is 3.01. The highest BCUT2D eigenvalue weighted by Gasteiger charge is 2.56. The van der Waals surface area contributed by atoms with Gasteiger partial charge >= 0.3 is 0 Å². The Morgan fingerprint density at radius 2 is 1.94 bits per heavy atom. The summed E-state index contributed by atoms with van der Waals surface area (Å²) in [5.74, 6) is 0.879. The van der Waals surface area contributed by atoms with Gasteiger partial charge in [-0.1, -0.05) is 26.7 Å². The van der Waals surface area contributed by atoms with E-state index < -0.39 is 11.0 Å².